The molecule has 0 radical (unpaired) electrons. The number of hydrogen-bond donors (Lipinski definition) is 0. The molecule has 0 aromatic rings. The van der Waals surface area contributed by atoms with Crippen LogP contribution in [-0.4, -0.2) is 20.2 Å². The maximum absolute atomic E-state index is 11.5. The van der Waals surface area contributed by atoms with Crippen LogP contribution >= 0.6 is 0 Å². The summed E-state index contributed by atoms with van der Waals surface area (Å²) in [6.07, 6.45) is 4.17. The molecule has 0 heterocycles. The molecule has 0 aromatic carbocycles. The number of hydrogen-bond acceptors (Lipinski definition) is 2. The molecule has 0 saturated heterocycles. The van der Waals surface area contributed by atoms with Gasteiger partial charge in [-0.3, -0.25) is 4.79 Å². The van der Waals surface area contributed by atoms with Crippen LogP contribution in [0, 0.1) is 5.92 Å². The summed E-state index contributed by atoms with van der Waals surface area (Å²) in [5.74, 6) is 0.349. The largest absolute Gasteiger partial charge is 0.411 e. The molecule has 2 unspecified atom stereocenters. The average Bonchev–Trinajstić information content (AvgIpc) is 1.99. The lowest BCUT2D eigenvalue weighted by Gasteiger charge is -2.32. The Labute approximate surface area is 93.8 Å². The minimum absolute atomic E-state index is 0.0305. The highest BCUT2D eigenvalue weighted by atomic mass is 28.4. The fourth-order valence-electron chi connectivity index (χ4n) is 1.99. The van der Waals surface area contributed by atoms with Crippen LogP contribution in [0.2, 0.25) is 19.6 Å². The van der Waals surface area contributed by atoms with Crippen LogP contribution in [0.5, 0.6) is 0 Å². The van der Waals surface area contributed by atoms with Crippen LogP contribution in [0.4, 0.5) is 0 Å². The van der Waals surface area contributed by atoms with Gasteiger partial charge in [0.1, 0.15) is 5.78 Å². The molecule has 1 aliphatic rings. The van der Waals surface area contributed by atoms with Crippen molar-refractivity contribution in [1.29, 1.82) is 0 Å². The van der Waals surface area contributed by atoms with Crippen molar-refractivity contribution in [3.63, 3.8) is 0 Å². The summed E-state index contributed by atoms with van der Waals surface area (Å²) in [5.41, 5.74) is 1.36. The Kier molecular flexibility index (Phi) is 3.90. The summed E-state index contributed by atoms with van der Waals surface area (Å²) in [7, 11) is -1.56. The first-order valence-electron chi connectivity index (χ1n) is 5.65. The molecule has 2 nitrogen and oxygen atoms in total. The monoisotopic (exact) mass is 226 g/mol. The van der Waals surface area contributed by atoms with Gasteiger partial charge >= 0.3 is 0 Å². The quantitative estimate of drug-likeness (QED) is 0.546. The molecular weight excluding hydrogens is 204 g/mol. The van der Waals surface area contributed by atoms with Crippen LogP contribution in [-0.2, 0) is 9.22 Å². The Bertz CT molecular complexity index is 276. The fourth-order valence-corrected chi connectivity index (χ4v) is 3.04. The Morgan fingerprint density at radius 3 is 2.53 bits per heavy atom. The zero-order chi connectivity index (χ0) is 11.6. The lowest BCUT2D eigenvalue weighted by Crippen LogP contribution is -2.39. The molecule has 2 atom stereocenters. The van der Waals surface area contributed by atoms with E-state index >= 15 is 0 Å². The number of allylic oxidation sites excluding steroid dienone is 1. The highest BCUT2D eigenvalue weighted by Crippen LogP contribution is 2.28. The molecule has 86 valence electrons. The van der Waals surface area contributed by atoms with E-state index in [1.807, 2.05) is 0 Å². The van der Waals surface area contributed by atoms with Gasteiger partial charge in [-0.05, 0) is 46.3 Å². The van der Waals surface area contributed by atoms with Crippen LogP contribution in [0.25, 0.3) is 0 Å². The van der Waals surface area contributed by atoms with Gasteiger partial charge in [0.05, 0.1) is 6.10 Å². The Morgan fingerprint density at radius 2 is 2.07 bits per heavy atom. The fraction of sp³-hybridized carbons (Fsp3) is 0.750. The van der Waals surface area contributed by atoms with Crippen LogP contribution < -0.4 is 0 Å². The van der Waals surface area contributed by atoms with Gasteiger partial charge in [-0.2, -0.15) is 0 Å². The number of Topliss-reactive ketones (excluding diaryl/α,β-unsaturated/α-hetero) is 1. The van der Waals surface area contributed by atoms with Crippen LogP contribution in [0.1, 0.15) is 26.7 Å². The molecule has 0 bridgehead atoms. The van der Waals surface area contributed by atoms with E-state index in [0.29, 0.717) is 0 Å². The van der Waals surface area contributed by atoms with Crippen molar-refractivity contribution < 1.29 is 9.22 Å². The van der Waals surface area contributed by atoms with Crippen LogP contribution in [0.15, 0.2) is 11.6 Å². The number of rotatable bonds is 3. The SMILES string of the molecule is CC(=O)C1CCC(C)=CC1O[Si](C)(C)C. The van der Waals surface area contributed by atoms with E-state index in [0.717, 1.165) is 12.8 Å². The molecule has 0 amide bonds. The molecule has 0 spiro atoms. The molecule has 0 aliphatic heterocycles. The topological polar surface area (TPSA) is 26.3 Å². The summed E-state index contributed by atoms with van der Waals surface area (Å²) in [4.78, 5) is 11.5. The van der Waals surface area contributed by atoms with Gasteiger partial charge in [-0.25, -0.2) is 0 Å². The van der Waals surface area contributed by atoms with Crippen molar-refractivity contribution in [3.8, 4) is 0 Å². The third-order valence-corrected chi connectivity index (χ3v) is 3.69. The molecule has 3 heteroatoms. The lowest BCUT2D eigenvalue weighted by molar-refractivity contribution is -0.123. The van der Waals surface area contributed by atoms with Gasteiger partial charge in [-0.1, -0.05) is 11.6 Å². The second-order valence-corrected chi connectivity index (χ2v) is 9.92. The van der Waals surface area contributed by atoms with Gasteiger partial charge < -0.3 is 4.43 Å². The van der Waals surface area contributed by atoms with E-state index in [9.17, 15) is 4.79 Å². The first-order valence-corrected chi connectivity index (χ1v) is 9.06. The molecule has 1 aliphatic carbocycles. The number of carbonyl (C=O) groups is 1. The molecule has 0 N–H and O–H groups in total. The molecule has 0 fully saturated rings. The number of carbonyl (C=O) groups excluding carboxylic acids is 1. The highest BCUT2D eigenvalue weighted by molar-refractivity contribution is 6.69. The maximum Gasteiger partial charge on any atom is 0.184 e. The van der Waals surface area contributed by atoms with E-state index in [4.69, 9.17) is 4.43 Å². The van der Waals surface area contributed by atoms with Crippen LogP contribution in [0.3, 0.4) is 0 Å². The average molecular weight is 226 g/mol. The van der Waals surface area contributed by atoms with E-state index in [-0.39, 0.29) is 17.8 Å². The van der Waals surface area contributed by atoms with E-state index in [2.05, 4.69) is 32.6 Å². The second kappa shape index (κ2) is 4.62. The summed E-state index contributed by atoms with van der Waals surface area (Å²) >= 11 is 0. The lowest BCUT2D eigenvalue weighted by atomic mass is 9.85. The normalized spacial score (nSPS) is 27.4. The Hall–Kier alpha value is -0.413. The van der Waals surface area contributed by atoms with Gasteiger partial charge in [0.25, 0.3) is 0 Å². The zero-order valence-electron chi connectivity index (χ0n) is 10.5. The van der Waals surface area contributed by atoms with Crippen molar-refractivity contribution in [1.82, 2.24) is 0 Å². The number of ketones is 1. The minimum atomic E-state index is -1.56. The first kappa shape index (κ1) is 12.7. The molecule has 0 aromatic heterocycles. The predicted octanol–water partition coefficient (Wildman–Crippen LogP) is 3.15. The van der Waals surface area contributed by atoms with Gasteiger partial charge in [0.15, 0.2) is 8.32 Å². The third kappa shape index (κ3) is 3.91. The summed E-state index contributed by atoms with van der Waals surface area (Å²) in [5, 5.41) is 0. The summed E-state index contributed by atoms with van der Waals surface area (Å²) in [6.45, 7) is 10.3. The van der Waals surface area contributed by atoms with E-state index in [1.165, 1.54) is 5.57 Å². The highest BCUT2D eigenvalue weighted by Gasteiger charge is 2.31. The smallest absolute Gasteiger partial charge is 0.184 e. The van der Waals surface area contributed by atoms with Crippen molar-refractivity contribution in [3.05, 3.63) is 11.6 Å². The van der Waals surface area contributed by atoms with Gasteiger partial charge in [0.2, 0.25) is 0 Å². The zero-order valence-corrected chi connectivity index (χ0v) is 11.5. The molecule has 15 heavy (non-hydrogen) atoms. The predicted molar refractivity (Wildman–Crippen MR) is 65.4 cm³/mol. The maximum atomic E-state index is 11.5. The van der Waals surface area contributed by atoms with Crippen molar-refractivity contribution >= 4 is 14.1 Å². The summed E-state index contributed by atoms with van der Waals surface area (Å²) < 4.78 is 6.06. The summed E-state index contributed by atoms with van der Waals surface area (Å²) in [6, 6.07) is 0. The molecule has 0 saturated carbocycles. The van der Waals surface area contributed by atoms with Gasteiger partial charge in [-0.15, -0.1) is 0 Å². The van der Waals surface area contributed by atoms with Crippen molar-refractivity contribution in [2.75, 3.05) is 0 Å². The van der Waals surface area contributed by atoms with Gasteiger partial charge in [0, 0.05) is 5.92 Å². The molecular formula is C12H22O2Si. The molecule has 1 rings (SSSR count). The Balaban J connectivity index is 2.79. The third-order valence-electron chi connectivity index (χ3n) is 2.71. The first-order chi connectivity index (χ1) is 6.79. The second-order valence-electron chi connectivity index (χ2n) is 5.46. The van der Waals surface area contributed by atoms with E-state index in [1.54, 1.807) is 6.92 Å². The Morgan fingerprint density at radius 1 is 1.47 bits per heavy atom. The van der Waals surface area contributed by atoms with E-state index < -0.39 is 8.32 Å². The van der Waals surface area contributed by atoms with Crippen molar-refractivity contribution in [2.24, 2.45) is 5.92 Å². The minimum Gasteiger partial charge on any atom is -0.411 e. The van der Waals surface area contributed by atoms with Crippen molar-refractivity contribution in [2.45, 2.75) is 52.4 Å². The standard InChI is InChI=1S/C12H22O2Si/c1-9-6-7-11(10(2)13)12(8-9)14-15(3,4)5/h8,11-12H,6-7H2,1-5H3.